The zero-order valence-electron chi connectivity index (χ0n) is 12.6. The van der Waals surface area contributed by atoms with E-state index in [-0.39, 0.29) is 27.8 Å². The van der Waals surface area contributed by atoms with Gasteiger partial charge in [0.15, 0.2) is 11.4 Å². The summed E-state index contributed by atoms with van der Waals surface area (Å²) in [6, 6.07) is 3.33. The first-order valence-corrected chi connectivity index (χ1v) is 8.31. The molecule has 0 bridgehead atoms. The Hall–Kier alpha value is -1.63. The number of nitroso groups, excluding NO2 is 1. The van der Waals surface area contributed by atoms with Crippen LogP contribution in [0, 0.1) is 4.91 Å². The van der Waals surface area contributed by atoms with Crippen molar-refractivity contribution in [3.8, 4) is 5.75 Å². The quantitative estimate of drug-likeness (QED) is 0.845. The normalized spacial score (nSPS) is 15.6. The number of ether oxygens (including phenoxy) is 1. The summed E-state index contributed by atoms with van der Waals surface area (Å²) in [5.74, 6) is 0.155. The van der Waals surface area contributed by atoms with Crippen molar-refractivity contribution < 1.29 is 13.2 Å². The molecule has 1 aromatic rings. The van der Waals surface area contributed by atoms with Gasteiger partial charge in [-0.25, -0.2) is 8.42 Å². The largest absolute Gasteiger partial charge is 0.492 e. The Morgan fingerprint density at radius 1 is 1.29 bits per heavy atom. The number of rotatable bonds is 5. The van der Waals surface area contributed by atoms with Gasteiger partial charge >= 0.3 is 0 Å². The van der Waals surface area contributed by atoms with Gasteiger partial charge in [-0.3, -0.25) is 4.72 Å². The number of anilines is 1. The number of methoxy groups -OCH3 is 1. The lowest BCUT2D eigenvalue weighted by Gasteiger charge is -2.22. The van der Waals surface area contributed by atoms with Gasteiger partial charge in [-0.05, 0) is 41.1 Å². The van der Waals surface area contributed by atoms with Crippen LogP contribution in [-0.2, 0) is 15.4 Å². The third kappa shape index (κ3) is 3.34. The highest BCUT2D eigenvalue weighted by Gasteiger charge is 2.36. The van der Waals surface area contributed by atoms with E-state index in [1.54, 1.807) is 12.1 Å². The van der Waals surface area contributed by atoms with E-state index in [1.165, 1.54) is 7.11 Å². The number of nitrogens with one attached hydrogen (secondary N) is 1. The molecule has 0 spiro atoms. The van der Waals surface area contributed by atoms with E-state index >= 15 is 0 Å². The molecular formula is C14H20N2O4S. The molecule has 21 heavy (non-hydrogen) atoms. The molecule has 2 rings (SSSR count). The van der Waals surface area contributed by atoms with Crippen LogP contribution < -0.4 is 9.46 Å². The van der Waals surface area contributed by atoms with Gasteiger partial charge in [0.05, 0.1) is 18.0 Å². The van der Waals surface area contributed by atoms with Crippen LogP contribution in [0.15, 0.2) is 17.3 Å². The third-order valence-electron chi connectivity index (χ3n) is 3.45. The lowest BCUT2D eigenvalue weighted by Crippen LogP contribution is -2.19. The predicted molar refractivity (Wildman–Crippen MR) is 82.7 cm³/mol. The molecule has 1 N–H and O–H groups in total. The standard InChI is InChI=1S/C14H20N2O4S/c1-14(2,3)9-7-11(15-17)13(20-4)12(8-9)16-21(18,19)10-5-6-10/h7-8,10,16H,5-6H2,1-4H3. The molecule has 1 fully saturated rings. The summed E-state index contributed by atoms with van der Waals surface area (Å²) in [6.07, 6.45) is 1.32. The lowest BCUT2D eigenvalue weighted by atomic mass is 9.86. The Morgan fingerprint density at radius 3 is 2.33 bits per heavy atom. The van der Waals surface area contributed by atoms with Crippen molar-refractivity contribution in [2.24, 2.45) is 5.18 Å². The second kappa shape index (κ2) is 5.29. The third-order valence-corrected chi connectivity index (χ3v) is 5.31. The van der Waals surface area contributed by atoms with Crippen molar-refractivity contribution in [1.29, 1.82) is 0 Å². The van der Waals surface area contributed by atoms with Crippen LogP contribution in [0.1, 0.15) is 39.2 Å². The molecule has 6 nitrogen and oxygen atoms in total. The molecule has 0 unspecified atom stereocenters. The van der Waals surface area contributed by atoms with E-state index in [0.717, 1.165) is 5.56 Å². The highest BCUT2D eigenvalue weighted by Crippen LogP contribution is 2.41. The SMILES string of the molecule is COc1c(N=O)cc(C(C)(C)C)cc1NS(=O)(=O)C1CC1. The molecule has 1 saturated carbocycles. The Kier molecular flexibility index (Phi) is 3.97. The minimum absolute atomic E-state index is 0.0958. The van der Waals surface area contributed by atoms with E-state index in [1.807, 2.05) is 20.8 Å². The molecule has 7 heteroatoms. The van der Waals surface area contributed by atoms with Gasteiger partial charge in [0.1, 0.15) is 0 Å². The smallest absolute Gasteiger partial charge is 0.235 e. The van der Waals surface area contributed by atoms with Gasteiger partial charge in [0.25, 0.3) is 0 Å². The molecule has 116 valence electrons. The maximum absolute atomic E-state index is 12.1. The van der Waals surface area contributed by atoms with Gasteiger partial charge in [-0.15, -0.1) is 4.91 Å². The van der Waals surface area contributed by atoms with Gasteiger partial charge in [0.2, 0.25) is 10.0 Å². The van der Waals surface area contributed by atoms with E-state index in [9.17, 15) is 13.3 Å². The molecule has 0 aliphatic heterocycles. The fourth-order valence-corrected chi connectivity index (χ4v) is 3.40. The van der Waals surface area contributed by atoms with Crippen LogP contribution in [0.5, 0.6) is 5.75 Å². The molecule has 0 heterocycles. The first-order chi connectivity index (χ1) is 9.69. The van der Waals surface area contributed by atoms with Gasteiger partial charge in [-0.1, -0.05) is 20.8 Å². The van der Waals surface area contributed by atoms with Crippen LogP contribution in [0.3, 0.4) is 0 Å². The van der Waals surface area contributed by atoms with E-state index in [0.29, 0.717) is 12.8 Å². The van der Waals surface area contributed by atoms with Crippen molar-refractivity contribution in [2.45, 2.75) is 44.3 Å². The van der Waals surface area contributed by atoms with Crippen LogP contribution in [0.25, 0.3) is 0 Å². The number of benzene rings is 1. The fourth-order valence-electron chi connectivity index (χ4n) is 2.02. The highest BCUT2D eigenvalue weighted by molar-refractivity contribution is 7.93. The Balaban J connectivity index is 2.53. The number of nitrogens with zero attached hydrogens (tertiary/aromatic N) is 1. The number of hydrogen-bond acceptors (Lipinski definition) is 5. The van der Waals surface area contributed by atoms with Crippen LogP contribution >= 0.6 is 0 Å². The van der Waals surface area contributed by atoms with Crippen molar-refractivity contribution >= 4 is 21.4 Å². The van der Waals surface area contributed by atoms with Crippen molar-refractivity contribution in [3.63, 3.8) is 0 Å². The summed E-state index contributed by atoms with van der Waals surface area (Å²) >= 11 is 0. The molecule has 1 aliphatic rings. The summed E-state index contributed by atoms with van der Waals surface area (Å²) in [4.78, 5) is 11.0. The zero-order chi connectivity index (χ0) is 15.8. The first kappa shape index (κ1) is 15.8. The number of hydrogen-bond donors (Lipinski definition) is 1. The second-order valence-corrected chi connectivity index (χ2v) is 8.22. The van der Waals surface area contributed by atoms with Crippen LogP contribution in [0.2, 0.25) is 0 Å². The molecule has 0 radical (unpaired) electrons. The molecule has 1 aliphatic carbocycles. The zero-order valence-corrected chi connectivity index (χ0v) is 13.5. The molecular weight excluding hydrogens is 292 g/mol. The summed E-state index contributed by atoms with van der Waals surface area (Å²) in [5.41, 5.74) is 0.933. The average Bonchev–Trinajstić information content (AvgIpc) is 3.20. The topological polar surface area (TPSA) is 84.8 Å². The van der Waals surface area contributed by atoms with E-state index in [4.69, 9.17) is 4.74 Å². The maximum atomic E-state index is 12.1. The fraction of sp³-hybridized carbons (Fsp3) is 0.571. The average molecular weight is 312 g/mol. The van der Waals surface area contributed by atoms with Crippen LogP contribution in [0.4, 0.5) is 11.4 Å². The second-order valence-electron chi connectivity index (χ2n) is 6.26. The van der Waals surface area contributed by atoms with Gasteiger partial charge in [0, 0.05) is 0 Å². The minimum atomic E-state index is -3.43. The summed E-state index contributed by atoms with van der Waals surface area (Å²) in [6.45, 7) is 5.92. The van der Waals surface area contributed by atoms with E-state index < -0.39 is 10.0 Å². The molecule has 0 amide bonds. The molecule has 0 atom stereocenters. The number of sulfonamides is 1. The molecule has 0 aromatic heterocycles. The summed E-state index contributed by atoms with van der Waals surface area (Å²) in [7, 11) is -2.05. The van der Waals surface area contributed by atoms with Crippen LogP contribution in [-0.4, -0.2) is 20.8 Å². The molecule has 1 aromatic carbocycles. The Bertz CT molecular complexity index is 658. The van der Waals surface area contributed by atoms with Crippen molar-refractivity contribution in [3.05, 3.63) is 22.6 Å². The highest BCUT2D eigenvalue weighted by atomic mass is 32.2. The lowest BCUT2D eigenvalue weighted by molar-refractivity contribution is 0.417. The molecule has 0 saturated heterocycles. The van der Waals surface area contributed by atoms with E-state index in [2.05, 4.69) is 9.90 Å². The first-order valence-electron chi connectivity index (χ1n) is 6.76. The summed E-state index contributed by atoms with van der Waals surface area (Å²) < 4.78 is 31.9. The monoisotopic (exact) mass is 312 g/mol. The summed E-state index contributed by atoms with van der Waals surface area (Å²) in [5, 5.41) is 2.60. The Labute approximate surface area is 124 Å². The Morgan fingerprint density at radius 2 is 1.90 bits per heavy atom. The predicted octanol–water partition coefficient (Wildman–Crippen LogP) is 3.29. The van der Waals surface area contributed by atoms with Gasteiger partial charge < -0.3 is 4.74 Å². The minimum Gasteiger partial charge on any atom is -0.492 e. The van der Waals surface area contributed by atoms with Crippen molar-refractivity contribution in [1.82, 2.24) is 0 Å². The maximum Gasteiger partial charge on any atom is 0.235 e. The van der Waals surface area contributed by atoms with Gasteiger partial charge in [-0.2, -0.15) is 0 Å². The van der Waals surface area contributed by atoms with Crippen molar-refractivity contribution in [2.75, 3.05) is 11.8 Å².